The van der Waals surface area contributed by atoms with Gasteiger partial charge in [-0.05, 0) is 70.6 Å². The number of amides is 1. The first-order chi connectivity index (χ1) is 42.1. The summed E-state index contributed by atoms with van der Waals surface area (Å²) in [4.78, 5) is 13.4. The molecule has 2 aliphatic rings. The Hall–Kier alpha value is -2.83. The monoisotopic (exact) mass is 1210 g/mol. The molecule has 0 aromatic carbocycles. The van der Waals surface area contributed by atoms with Gasteiger partial charge in [-0.25, -0.2) is 0 Å². The molecule has 0 aromatic rings. The first kappa shape index (κ1) is 79.3. The Morgan fingerprint density at radius 3 is 1.23 bits per heavy atom. The molecular formula is C72H127NO13. The van der Waals surface area contributed by atoms with Crippen LogP contribution < -0.4 is 5.32 Å². The normalized spacial score (nSPS) is 23.9. The molecule has 2 rings (SSSR count). The molecule has 0 aromatic heterocycles. The zero-order chi connectivity index (χ0) is 62.3. The fourth-order valence-corrected chi connectivity index (χ4v) is 11.1. The van der Waals surface area contributed by atoms with Crippen molar-refractivity contribution in [2.24, 2.45) is 0 Å². The van der Waals surface area contributed by atoms with Gasteiger partial charge in [-0.1, -0.05) is 279 Å². The van der Waals surface area contributed by atoms with E-state index in [0.717, 1.165) is 96.3 Å². The highest BCUT2D eigenvalue weighted by Gasteiger charge is 2.51. The second-order valence-corrected chi connectivity index (χ2v) is 24.3. The third-order valence-corrected chi connectivity index (χ3v) is 16.6. The van der Waals surface area contributed by atoms with Crippen LogP contribution in [0.1, 0.15) is 271 Å². The highest BCUT2D eigenvalue weighted by Crippen LogP contribution is 2.30. The van der Waals surface area contributed by atoms with Gasteiger partial charge in [0.25, 0.3) is 0 Å². The summed E-state index contributed by atoms with van der Waals surface area (Å²) < 4.78 is 22.9. The van der Waals surface area contributed by atoms with Crippen molar-refractivity contribution in [1.29, 1.82) is 0 Å². The predicted molar refractivity (Wildman–Crippen MR) is 350 cm³/mol. The van der Waals surface area contributed by atoms with Crippen LogP contribution in [-0.4, -0.2) is 140 Å². The van der Waals surface area contributed by atoms with Crippen molar-refractivity contribution >= 4 is 5.91 Å². The van der Waals surface area contributed by atoms with Crippen LogP contribution in [0.4, 0.5) is 0 Å². The summed E-state index contributed by atoms with van der Waals surface area (Å²) in [5.41, 5.74) is 0. The van der Waals surface area contributed by atoms with E-state index in [9.17, 15) is 45.6 Å². The summed E-state index contributed by atoms with van der Waals surface area (Å²) in [5.74, 6) is -0.214. The molecule has 1 amide bonds. The smallest absolute Gasteiger partial charge is 0.220 e. The first-order valence-electron chi connectivity index (χ1n) is 34.8. The molecule has 86 heavy (non-hydrogen) atoms. The molecule has 0 bridgehead atoms. The quantitative estimate of drug-likeness (QED) is 0.0204. The number of aliphatic hydroxyl groups is 8. The minimum Gasteiger partial charge on any atom is -0.394 e. The molecule has 0 saturated carbocycles. The van der Waals surface area contributed by atoms with E-state index in [1.165, 1.54) is 141 Å². The summed E-state index contributed by atoms with van der Waals surface area (Å²) in [7, 11) is 0. The lowest BCUT2D eigenvalue weighted by Gasteiger charge is -2.46. The maximum atomic E-state index is 13.4. The number of hydrogen-bond donors (Lipinski definition) is 9. The van der Waals surface area contributed by atoms with Gasteiger partial charge in [0.05, 0.1) is 32.0 Å². The summed E-state index contributed by atoms with van der Waals surface area (Å²) >= 11 is 0. The van der Waals surface area contributed by atoms with Crippen LogP contribution >= 0.6 is 0 Å². The number of hydrogen-bond acceptors (Lipinski definition) is 13. The topological polar surface area (TPSA) is 228 Å². The zero-order valence-electron chi connectivity index (χ0n) is 54.0. The third kappa shape index (κ3) is 40.0. The van der Waals surface area contributed by atoms with Gasteiger partial charge < -0.3 is 65.1 Å². The maximum absolute atomic E-state index is 13.4. The van der Waals surface area contributed by atoms with Crippen molar-refractivity contribution in [2.45, 2.75) is 344 Å². The van der Waals surface area contributed by atoms with E-state index < -0.39 is 86.8 Å². The summed E-state index contributed by atoms with van der Waals surface area (Å²) in [6.45, 7) is 2.77. The van der Waals surface area contributed by atoms with Gasteiger partial charge in [0.15, 0.2) is 12.6 Å². The number of carbonyl (C=O) groups is 1. The molecule has 14 nitrogen and oxygen atoms in total. The minimum absolute atomic E-state index is 0.214. The second-order valence-electron chi connectivity index (χ2n) is 24.3. The van der Waals surface area contributed by atoms with Gasteiger partial charge in [0.1, 0.15) is 48.8 Å². The standard InChI is InChI=1S/C72H127NO13/c1-3-5-7-9-11-13-15-17-19-21-23-25-26-27-28-29-30-31-32-33-34-36-38-40-42-44-46-48-50-52-54-56-64(77)73-60(61(76)55-53-51-49-47-45-43-41-39-37-35-24-22-20-18-16-14-12-10-8-6-4-2)59-83-71-69(82)67(80)70(63(58-75)85-71)86-72-68(81)66(79)65(78)62(57-74)84-72/h5,7,11,13,17,19,23,25,27-28,30-31,33-34,60-63,65-72,74-76,78-82H,3-4,6,8-10,12,14-16,18,20-22,24,26,29,32,35-59H2,1-2H3,(H,73,77)/b7-5-,13-11-,19-17-,25-23-,28-27-,31-30-,34-33-. The van der Waals surface area contributed by atoms with E-state index in [1.807, 2.05) is 0 Å². The van der Waals surface area contributed by atoms with Crippen LogP contribution in [-0.2, 0) is 23.7 Å². The van der Waals surface area contributed by atoms with Crippen molar-refractivity contribution in [3.05, 3.63) is 85.1 Å². The Morgan fingerprint density at radius 1 is 0.430 bits per heavy atom. The summed E-state index contributed by atoms with van der Waals surface area (Å²) in [6.07, 6.45) is 60.1. The summed E-state index contributed by atoms with van der Waals surface area (Å²) in [5, 5.41) is 87.6. The predicted octanol–water partition coefficient (Wildman–Crippen LogP) is 14.0. The molecule has 14 heteroatoms. The molecule has 0 aliphatic carbocycles. The van der Waals surface area contributed by atoms with Gasteiger partial charge >= 0.3 is 0 Å². The minimum atomic E-state index is -1.79. The van der Waals surface area contributed by atoms with E-state index in [0.29, 0.717) is 19.3 Å². The molecule has 498 valence electrons. The van der Waals surface area contributed by atoms with Crippen molar-refractivity contribution < 1.29 is 64.6 Å². The molecule has 2 saturated heterocycles. The Labute approximate surface area is 522 Å². The lowest BCUT2D eigenvalue weighted by Crippen LogP contribution is -2.65. The molecule has 0 radical (unpaired) electrons. The van der Waals surface area contributed by atoms with Crippen molar-refractivity contribution in [1.82, 2.24) is 5.32 Å². The first-order valence-corrected chi connectivity index (χ1v) is 34.8. The van der Waals surface area contributed by atoms with Gasteiger partial charge in [-0.15, -0.1) is 0 Å². The zero-order valence-corrected chi connectivity index (χ0v) is 54.0. The van der Waals surface area contributed by atoms with E-state index in [4.69, 9.17) is 18.9 Å². The van der Waals surface area contributed by atoms with Gasteiger partial charge in [-0.2, -0.15) is 0 Å². The molecule has 2 fully saturated rings. The van der Waals surface area contributed by atoms with Crippen LogP contribution in [0.2, 0.25) is 0 Å². The van der Waals surface area contributed by atoms with Crippen LogP contribution in [0.3, 0.4) is 0 Å². The van der Waals surface area contributed by atoms with E-state index in [1.54, 1.807) is 0 Å². The Morgan fingerprint density at radius 2 is 0.802 bits per heavy atom. The lowest BCUT2D eigenvalue weighted by molar-refractivity contribution is -0.359. The fourth-order valence-electron chi connectivity index (χ4n) is 11.1. The molecule has 0 spiro atoms. The Balaban J connectivity index is 1.68. The van der Waals surface area contributed by atoms with Crippen LogP contribution in [0, 0.1) is 0 Å². The number of nitrogens with one attached hydrogen (secondary N) is 1. The number of unbranched alkanes of at least 4 members (excludes halogenated alkanes) is 29. The number of aliphatic hydroxyl groups excluding tert-OH is 8. The average molecular weight is 1210 g/mol. The number of allylic oxidation sites excluding steroid dienone is 14. The molecule has 2 heterocycles. The largest absolute Gasteiger partial charge is 0.394 e. The summed E-state index contributed by atoms with van der Waals surface area (Å²) in [6, 6.07) is -0.839. The van der Waals surface area contributed by atoms with E-state index in [-0.39, 0.29) is 12.5 Å². The molecule has 12 atom stereocenters. The van der Waals surface area contributed by atoms with Gasteiger partial charge in [0.2, 0.25) is 5.91 Å². The average Bonchev–Trinajstić information content (AvgIpc) is 2.54. The van der Waals surface area contributed by atoms with Crippen molar-refractivity contribution in [2.75, 3.05) is 19.8 Å². The number of rotatable bonds is 56. The van der Waals surface area contributed by atoms with Crippen LogP contribution in [0.15, 0.2) is 85.1 Å². The van der Waals surface area contributed by atoms with Gasteiger partial charge in [0, 0.05) is 6.42 Å². The van der Waals surface area contributed by atoms with Crippen molar-refractivity contribution in [3.63, 3.8) is 0 Å². The maximum Gasteiger partial charge on any atom is 0.220 e. The van der Waals surface area contributed by atoms with Gasteiger partial charge in [-0.3, -0.25) is 4.79 Å². The van der Waals surface area contributed by atoms with E-state index in [2.05, 4.69) is 104 Å². The number of ether oxygens (including phenoxy) is 4. The number of carbonyl (C=O) groups excluding carboxylic acids is 1. The highest BCUT2D eigenvalue weighted by molar-refractivity contribution is 5.76. The van der Waals surface area contributed by atoms with E-state index >= 15 is 0 Å². The molecule has 2 aliphatic heterocycles. The third-order valence-electron chi connectivity index (χ3n) is 16.6. The van der Waals surface area contributed by atoms with Crippen LogP contribution in [0.25, 0.3) is 0 Å². The SMILES string of the molecule is CC/C=C\C/C=C\C/C=C\C/C=C\C/C=C\C/C=C\C/C=C\CCCCCCCCCCCC(=O)NC(COC1OC(CO)C(OC2OC(CO)C(O)C(O)C2O)C(O)C1O)C(O)CCCCCCCCCCCCCCCCCCCCCCC. The Bertz CT molecular complexity index is 1770. The molecule has 9 N–H and O–H groups in total. The van der Waals surface area contributed by atoms with Crippen molar-refractivity contribution in [3.8, 4) is 0 Å². The second kappa shape index (κ2) is 56.2. The molecule has 12 unspecified atom stereocenters. The molecular weight excluding hydrogens is 1090 g/mol. The highest BCUT2D eigenvalue weighted by atomic mass is 16.7. The Kier molecular flexibility index (Phi) is 51.8. The van der Waals surface area contributed by atoms with Crippen LogP contribution in [0.5, 0.6) is 0 Å². The lowest BCUT2D eigenvalue weighted by atomic mass is 9.97. The fraction of sp³-hybridized carbons (Fsp3) is 0.792.